The Bertz CT molecular complexity index is 799. The fourth-order valence-corrected chi connectivity index (χ4v) is 2.18. The third kappa shape index (κ3) is 3.17. The van der Waals surface area contributed by atoms with Gasteiger partial charge in [-0.05, 0) is 30.3 Å². The zero-order valence-corrected chi connectivity index (χ0v) is 11.6. The summed E-state index contributed by atoms with van der Waals surface area (Å²) in [5.74, 6) is -0.0838. The third-order valence-electron chi connectivity index (χ3n) is 3.06. The summed E-state index contributed by atoms with van der Waals surface area (Å²) in [5, 5.41) is 7.15. The first-order valence-electron chi connectivity index (χ1n) is 6.70. The third-order valence-corrected chi connectivity index (χ3v) is 3.06. The molecule has 2 aromatic carbocycles. The van der Waals surface area contributed by atoms with Crippen molar-refractivity contribution in [2.75, 3.05) is 10.6 Å². The molecule has 1 heterocycles. The number of anilines is 3. The lowest BCUT2D eigenvalue weighted by atomic mass is 10.2. The SMILES string of the molecule is CC(=O)Nc1cccc(Nc2cnc3ccccc3c2)c1. The number of pyridine rings is 1. The van der Waals surface area contributed by atoms with Crippen LogP contribution in [0.3, 0.4) is 0 Å². The predicted octanol–water partition coefficient (Wildman–Crippen LogP) is 3.94. The van der Waals surface area contributed by atoms with Crippen molar-refractivity contribution < 1.29 is 4.79 Å². The minimum Gasteiger partial charge on any atom is -0.354 e. The van der Waals surface area contributed by atoms with Gasteiger partial charge in [-0.3, -0.25) is 9.78 Å². The van der Waals surface area contributed by atoms with Gasteiger partial charge >= 0.3 is 0 Å². The molecule has 0 fully saturated rings. The zero-order valence-electron chi connectivity index (χ0n) is 11.6. The molecule has 0 aliphatic rings. The number of carbonyl (C=O) groups excluding carboxylic acids is 1. The second-order valence-corrected chi connectivity index (χ2v) is 4.80. The van der Waals surface area contributed by atoms with E-state index in [0.717, 1.165) is 28.0 Å². The van der Waals surface area contributed by atoms with Crippen molar-refractivity contribution in [2.45, 2.75) is 6.92 Å². The molecule has 3 rings (SSSR count). The van der Waals surface area contributed by atoms with Gasteiger partial charge < -0.3 is 10.6 Å². The maximum absolute atomic E-state index is 11.1. The van der Waals surface area contributed by atoms with Gasteiger partial charge in [-0.15, -0.1) is 0 Å². The molecule has 3 aromatic rings. The van der Waals surface area contributed by atoms with Crippen molar-refractivity contribution >= 4 is 33.9 Å². The number of nitrogens with zero attached hydrogens (tertiary/aromatic N) is 1. The normalized spacial score (nSPS) is 10.3. The number of fused-ring (bicyclic) bond motifs is 1. The Labute approximate surface area is 122 Å². The molecule has 0 radical (unpaired) electrons. The number of amides is 1. The van der Waals surface area contributed by atoms with Crippen LogP contribution in [0, 0.1) is 0 Å². The summed E-state index contributed by atoms with van der Waals surface area (Å²) >= 11 is 0. The van der Waals surface area contributed by atoms with Crippen LogP contribution in [-0.2, 0) is 4.79 Å². The summed E-state index contributed by atoms with van der Waals surface area (Å²) in [5.41, 5.74) is 3.54. The maximum Gasteiger partial charge on any atom is 0.221 e. The molecule has 0 aliphatic heterocycles. The first-order chi connectivity index (χ1) is 10.2. The molecule has 0 atom stereocenters. The van der Waals surface area contributed by atoms with E-state index in [1.807, 2.05) is 54.6 Å². The number of rotatable bonds is 3. The fraction of sp³-hybridized carbons (Fsp3) is 0.0588. The van der Waals surface area contributed by atoms with Crippen LogP contribution in [0.2, 0.25) is 0 Å². The molecule has 21 heavy (non-hydrogen) atoms. The second-order valence-electron chi connectivity index (χ2n) is 4.80. The van der Waals surface area contributed by atoms with Gasteiger partial charge in [-0.2, -0.15) is 0 Å². The van der Waals surface area contributed by atoms with Crippen molar-refractivity contribution in [2.24, 2.45) is 0 Å². The maximum atomic E-state index is 11.1. The Kier molecular flexibility index (Phi) is 3.51. The van der Waals surface area contributed by atoms with Gasteiger partial charge in [0.15, 0.2) is 0 Å². The van der Waals surface area contributed by atoms with E-state index in [2.05, 4.69) is 15.6 Å². The topological polar surface area (TPSA) is 54.0 Å². The summed E-state index contributed by atoms with van der Waals surface area (Å²) in [6.45, 7) is 1.49. The first-order valence-corrected chi connectivity index (χ1v) is 6.70. The second kappa shape index (κ2) is 5.63. The molecule has 104 valence electrons. The highest BCUT2D eigenvalue weighted by atomic mass is 16.1. The standard InChI is InChI=1S/C17H15N3O/c1-12(21)19-14-6-4-7-15(10-14)20-16-9-13-5-2-3-8-17(13)18-11-16/h2-11,20H,1H3,(H,19,21). The van der Waals surface area contributed by atoms with Gasteiger partial charge in [0, 0.05) is 23.7 Å². The van der Waals surface area contributed by atoms with Crippen molar-refractivity contribution in [1.82, 2.24) is 4.98 Å². The first kappa shape index (κ1) is 13.1. The molecule has 0 unspecified atom stereocenters. The minimum absolute atomic E-state index is 0.0838. The van der Waals surface area contributed by atoms with Crippen LogP contribution in [0.15, 0.2) is 60.8 Å². The zero-order chi connectivity index (χ0) is 14.7. The molecule has 0 aliphatic carbocycles. The van der Waals surface area contributed by atoms with E-state index in [0.29, 0.717) is 0 Å². The van der Waals surface area contributed by atoms with Crippen LogP contribution in [0.25, 0.3) is 10.9 Å². The molecular formula is C17H15N3O. The quantitative estimate of drug-likeness (QED) is 0.762. The Morgan fingerprint density at radius 2 is 1.76 bits per heavy atom. The van der Waals surface area contributed by atoms with E-state index >= 15 is 0 Å². The van der Waals surface area contributed by atoms with Crippen molar-refractivity contribution in [3.05, 3.63) is 60.8 Å². The summed E-state index contributed by atoms with van der Waals surface area (Å²) in [6, 6.07) is 17.6. The van der Waals surface area contributed by atoms with Crippen LogP contribution >= 0.6 is 0 Å². The lowest BCUT2D eigenvalue weighted by molar-refractivity contribution is -0.114. The Balaban J connectivity index is 1.86. The number of hydrogen-bond acceptors (Lipinski definition) is 3. The molecule has 2 N–H and O–H groups in total. The number of carbonyl (C=O) groups is 1. The van der Waals surface area contributed by atoms with E-state index in [-0.39, 0.29) is 5.91 Å². The molecule has 0 bridgehead atoms. The van der Waals surface area contributed by atoms with Crippen molar-refractivity contribution in [3.8, 4) is 0 Å². The van der Waals surface area contributed by atoms with Gasteiger partial charge in [0.2, 0.25) is 5.91 Å². The number of para-hydroxylation sites is 1. The minimum atomic E-state index is -0.0838. The smallest absolute Gasteiger partial charge is 0.221 e. The van der Waals surface area contributed by atoms with Crippen LogP contribution in [0.5, 0.6) is 0 Å². The molecule has 4 nitrogen and oxygen atoms in total. The summed E-state index contributed by atoms with van der Waals surface area (Å²) in [7, 11) is 0. The molecule has 1 amide bonds. The van der Waals surface area contributed by atoms with Gasteiger partial charge in [0.05, 0.1) is 17.4 Å². The number of aromatic nitrogens is 1. The van der Waals surface area contributed by atoms with Gasteiger partial charge in [0.25, 0.3) is 0 Å². The van der Waals surface area contributed by atoms with E-state index in [9.17, 15) is 4.79 Å². The van der Waals surface area contributed by atoms with Crippen molar-refractivity contribution in [3.63, 3.8) is 0 Å². The van der Waals surface area contributed by atoms with Gasteiger partial charge in [0.1, 0.15) is 0 Å². The average Bonchev–Trinajstić information content (AvgIpc) is 2.47. The lowest BCUT2D eigenvalue weighted by Gasteiger charge is -2.09. The van der Waals surface area contributed by atoms with E-state index in [1.54, 1.807) is 6.20 Å². The van der Waals surface area contributed by atoms with E-state index in [1.165, 1.54) is 6.92 Å². The molecule has 1 aromatic heterocycles. The Morgan fingerprint density at radius 3 is 2.62 bits per heavy atom. The summed E-state index contributed by atoms with van der Waals surface area (Å²) in [4.78, 5) is 15.5. The lowest BCUT2D eigenvalue weighted by Crippen LogP contribution is -2.05. The average molecular weight is 277 g/mol. The predicted molar refractivity (Wildman–Crippen MR) is 85.8 cm³/mol. The highest BCUT2D eigenvalue weighted by Gasteiger charge is 2.00. The monoisotopic (exact) mass is 277 g/mol. The number of benzene rings is 2. The molecule has 0 saturated heterocycles. The molecule has 0 spiro atoms. The fourth-order valence-electron chi connectivity index (χ4n) is 2.18. The van der Waals surface area contributed by atoms with Crippen LogP contribution in [-0.4, -0.2) is 10.9 Å². The van der Waals surface area contributed by atoms with E-state index < -0.39 is 0 Å². The van der Waals surface area contributed by atoms with Crippen molar-refractivity contribution in [1.29, 1.82) is 0 Å². The van der Waals surface area contributed by atoms with Gasteiger partial charge in [-0.25, -0.2) is 0 Å². The van der Waals surface area contributed by atoms with Crippen LogP contribution in [0.4, 0.5) is 17.1 Å². The molecule has 0 saturated carbocycles. The molecule has 4 heteroatoms. The number of nitrogens with one attached hydrogen (secondary N) is 2. The van der Waals surface area contributed by atoms with E-state index in [4.69, 9.17) is 0 Å². The Hall–Kier alpha value is -2.88. The highest BCUT2D eigenvalue weighted by molar-refractivity contribution is 5.89. The Morgan fingerprint density at radius 1 is 0.952 bits per heavy atom. The molecular weight excluding hydrogens is 262 g/mol. The highest BCUT2D eigenvalue weighted by Crippen LogP contribution is 2.22. The van der Waals surface area contributed by atoms with Gasteiger partial charge in [-0.1, -0.05) is 24.3 Å². The largest absolute Gasteiger partial charge is 0.354 e. The van der Waals surface area contributed by atoms with Crippen LogP contribution < -0.4 is 10.6 Å². The number of hydrogen-bond donors (Lipinski definition) is 2. The van der Waals surface area contributed by atoms with Crippen LogP contribution in [0.1, 0.15) is 6.92 Å². The summed E-state index contributed by atoms with van der Waals surface area (Å²) < 4.78 is 0. The summed E-state index contributed by atoms with van der Waals surface area (Å²) in [6.07, 6.45) is 1.80.